The molecule has 96 valence electrons. The summed E-state index contributed by atoms with van der Waals surface area (Å²) in [5, 5.41) is 4.35. The van der Waals surface area contributed by atoms with Crippen molar-refractivity contribution in [2.75, 3.05) is 6.54 Å². The second-order valence-corrected chi connectivity index (χ2v) is 4.59. The van der Waals surface area contributed by atoms with E-state index in [0.29, 0.717) is 6.54 Å². The van der Waals surface area contributed by atoms with Crippen LogP contribution in [0.25, 0.3) is 0 Å². The molecule has 4 heteroatoms. The van der Waals surface area contributed by atoms with E-state index in [2.05, 4.69) is 41.3 Å². The van der Waals surface area contributed by atoms with Crippen LogP contribution in [0, 0.1) is 6.92 Å². The Kier molecular flexibility index (Phi) is 4.10. The number of benzene rings is 1. The summed E-state index contributed by atoms with van der Waals surface area (Å²) in [6.45, 7) is 2.70. The van der Waals surface area contributed by atoms with Crippen LogP contribution in [-0.2, 0) is 26.3 Å². The molecule has 0 spiro atoms. The zero-order valence-corrected chi connectivity index (χ0v) is 11.1. The zero-order chi connectivity index (χ0) is 13.0. The highest BCUT2D eigenvalue weighted by atomic mass is 15.3. The molecular formula is C14H20N4. The maximum Gasteiger partial charge on any atom is 0.152 e. The predicted octanol–water partition coefficient (Wildman–Crippen LogP) is 1.41. The normalized spacial score (nSPS) is 10.8. The zero-order valence-electron chi connectivity index (χ0n) is 11.1. The Morgan fingerprint density at radius 2 is 1.83 bits per heavy atom. The summed E-state index contributed by atoms with van der Waals surface area (Å²) < 4.78 is 1.86. The lowest BCUT2D eigenvalue weighted by atomic mass is 10.1. The van der Waals surface area contributed by atoms with Crippen LogP contribution in [0.1, 0.15) is 22.8 Å². The van der Waals surface area contributed by atoms with Gasteiger partial charge < -0.3 is 5.73 Å². The van der Waals surface area contributed by atoms with Crippen LogP contribution >= 0.6 is 0 Å². The van der Waals surface area contributed by atoms with Crippen molar-refractivity contribution >= 4 is 0 Å². The Morgan fingerprint density at radius 1 is 1.11 bits per heavy atom. The maximum absolute atomic E-state index is 5.51. The largest absolute Gasteiger partial charge is 0.330 e. The molecule has 18 heavy (non-hydrogen) atoms. The molecule has 0 fully saturated rings. The lowest BCUT2D eigenvalue weighted by Crippen LogP contribution is -2.04. The molecule has 1 aromatic carbocycles. The van der Waals surface area contributed by atoms with Crippen molar-refractivity contribution in [2.24, 2.45) is 12.8 Å². The van der Waals surface area contributed by atoms with E-state index >= 15 is 0 Å². The minimum Gasteiger partial charge on any atom is -0.330 e. The fourth-order valence-electron chi connectivity index (χ4n) is 1.94. The minimum atomic E-state index is 0.599. The minimum absolute atomic E-state index is 0.599. The molecule has 0 bridgehead atoms. The van der Waals surface area contributed by atoms with Crippen LogP contribution in [-0.4, -0.2) is 21.3 Å². The van der Waals surface area contributed by atoms with Gasteiger partial charge in [0.05, 0.1) is 0 Å². The molecule has 1 heterocycles. The molecule has 0 aliphatic heterocycles. The van der Waals surface area contributed by atoms with Gasteiger partial charge in [0.25, 0.3) is 0 Å². The second kappa shape index (κ2) is 5.78. The molecule has 0 saturated heterocycles. The first-order valence-electron chi connectivity index (χ1n) is 6.33. The fourth-order valence-corrected chi connectivity index (χ4v) is 1.94. The monoisotopic (exact) mass is 244 g/mol. The smallest absolute Gasteiger partial charge is 0.152 e. The van der Waals surface area contributed by atoms with E-state index in [1.807, 2.05) is 11.7 Å². The number of nitrogens with two attached hydrogens (primary N) is 1. The summed E-state index contributed by atoms with van der Waals surface area (Å²) in [6, 6.07) is 8.64. The highest BCUT2D eigenvalue weighted by Crippen LogP contribution is 2.07. The van der Waals surface area contributed by atoms with E-state index in [9.17, 15) is 0 Å². The Balaban J connectivity index is 1.99. The van der Waals surface area contributed by atoms with Crippen LogP contribution in [0.15, 0.2) is 24.3 Å². The van der Waals surface area contributed by atoms with E-state index in [0.717, 1.165) is 30.9 Å². The quantitative estimate of drug-likeness (QED) is 0.865. The third kappa shape index (κ3) is 3.17. The molecule has 0 aliphatic carbocycles. The van der Waals surface area contributed by atoms with Crippen molar-refractivity contribution in [1.82, 2.24) is 14.8 Å². The molecule has 2 aromatic rings. The number of hydrogen-bond donors (Lipinski definition) is 1. The Labute approximate surface area is 108 Å². The van der Waals surface area contributed by atoms with Gasteiger partial charge in [0.1, 0.15) is 5.82 Å². The number of hydrogen-bond acceptors (Lipinski definition) is 3. The molecule has 0 unspecified atom stereocenters. The van der Waals surface area contributed by atoms with Crippen LogP contribution in [0.4, 0.5) is 0 Å². The van der Waals surface area contributed by atoms with Gasteiger partial charge in [-0.25, -0.2) is 4.98 Å². The van der Waals surface area contributed by atoms with Gasteiger partial charge >= 0.3 is 0 Å². The van der Waals surface area contributed by atoms with Gasteiger partial charge in [-0.15, -0.1) is 0 Å². The van der Waals surface area contributed by atoms with Gasteiger partial charge in [-0.1, -0.05) is 29.8 Å². The average Bonchev–Trinajstić information content (AvgIpc) is 2.70. The fraction of sp³-hybridized carbons (Fsp3) is 0.429. The average molecular weight is 244 g/mol. The van der Waals surface area contributed by atoms with Gasteiger partial charge in [0.15, 0.2) is 5.82 Å². The molecule has 4 nitrogen and oxygen atoms in total. The molecule has 0 aliphatic rings. The Bertz CT molecular complexity index is 499. The third-order valence-electron chi connectivity index (χ3n) is 3.02. The van der Waals surface area contributed by atoms with Crippen LogP contribution in [0.2, 0.25) is 0 Å². The van der Waals surface area contributed by atoms with Crippen LogP contribution < -0.4 is 5.73 Å². The molecule has 0 radical (unpaired) electrons. The van der Waals surface area contributed by atoms with E-state index in [1.165, 1.54) is 11.1 Å². The number of rotatable bonds is 5. The van der Waals surface area contributed by atoms with Gasteiger partial charge in [-0.2, -0.15) is 5.10 Å². The van der Waals surface area contributed by atoms with Crippen molar-refractivity contribution in [3.8, 4) is 0 Å². The van der Waals surface area contributed by atoms with E-state index < -0.39 is 0 Å². The van der Waals surface area contributed by atoms with Crippen molar-refractivity contribution in [2.45, 2.75) is 26.2 Å². The number of aromatic nitrogens is 3. The SMILES string of the molecule is Cc1ccc(CCc2nc(CCN)nn2C)cc1. The number of nitrogens with zero attached hydrogens (tertiary/aromatic N) is 3. The Hall–Kier alpha value is -1.68. The standard InChI is InChI=1S/C14H20N4/c1-11-3-5-12(6-4-11)7-8-14-16-13(9-10-15)17-18(14)2/h3-6H,7-10,15H2,1-2H3. The topological polar surface area (TPSA) is 56.7 Å². The van der Waals surface area contributed by atoms with Gasteiger partial charge in [-0.3, -0.25) is 4.68 Å². The first-order chi connectivity index (χ1) is 8.69. The van der Waals surface area contributed by atoms with E-state index in [-0.39, 0.29) is 0 Å². The van der Waals surface area contributed by atoms with E-state index in [1.54, 1.807) is 0 Å². The van der Waals surface area contributed by atoms with Gasteiger partial charge in [0, 0.05) is 19.9 Å². The molecular weight excluding hydrogens is 224 g/mol. The summed E-state index contributed by atoms with van der Waals surface area (Å²) in [5.41, 5.74) is 8.14. The lowest BCUT2D eigenvalue weighted by molar-refractivity contribution is 0.685. The predicted molar refractivity (Wildman–Crippen MR) is 72.3 cm³/mol. The summed E-state index contributed by atoms with van der Waals surface area (Å²) in [4.78, 5) is 4.50. The maximum atomic E-state index is 5.51. The summed E-state index contributed by atoms with van der Waals surface area (Å²) in [5.74, 6) is 1.87. The first-order valence-corrected chi connectivity index (χ1v) is 6.33. The first kappa shape index (κ1) is 12.8. The van der Waals surface area contributed by atoms with Gasteiger partial charge in [0.2, 0.25) is 0 Å². The summed E-state index contributed by atoms with van der Waals surface area (Å²) in [7, 11) is 1.94. The van der Waals surface area contributed by atoms with E-state index in [4.69, 9.17) is 5.73 Å². The Morgan fingerprint density at radius 3 is 2.50 bits per heavy atom. The van der Waals surface area contributed by atoms with Crippen molar-refractivity contribution in [1.29, 1.82) is 0 Å². The molecule has 2 rings (SSSR count). The summed E-state index contributed by atoms with van der Waals surface area (Å²) in [6.07, 6.45) is 2.66. The molecule has 0 saturated carbocycles. The molecule has 2 N–H and O–H groups in total. The third-order valence-corrected chi connectivity index (χ3v) is 3.02. The lowest BCUT2D eigenvalue weighted by Gasteiger charge is -2.01. The molecule has 0 amide bonds. The van der Waals surface area contributed by atoms with Gasteiger partial charge in [-0.05, 0) is 25.5 Å². The van der Waals surface area contributed by atoms with Crippen molar-refractivity contribution < 1.29 is 0 Å². The highest BCUT2D eigenvalue weighted by molar-refractivity contribution is 5.21. The van der Waals surface area contributed by atoms with Crippen molar-refractivity contribution in [3.05, 3.63) is 47.0 Å². The van der Waals surface area contributed by atoms with Crippen LogP contribution in [0.3, 0.4) is 0 Å². The van der Waals surface area contributed by atoms with Crippen LogP contribution in [0.5, 0.6) is 0 Å². The van der Waals surface area contributed by atoms with Crippen molar-refractivity contribution in [3.63, 3.8) is 0 Å². The molecule has 0 atom stereocenters. The number of aryl methyl sites for hydroxylation is 4. The highest BCUT2D eigenvalue weighted by Gasteiger charge is 2.06. The summed E-state index contributed by atoms with van der Waals surface area (Å²) >= 11 is 0. The second-order valence-electron chi connectivity index (χ2n) is 4.59. The molecule has 1 aromatic heterocycles.